The number of ether oxygens (including phenoxy) is 1. The van der Waals surface area contributed by atoms with Gasteiger partial charge in [0.05, 0.1) is 17.9 Å². The second kappa shape index (κ2) is 7.86. The number of rotatable bonds is 7. The molecule has 0 aliphatic heterocycles. The number of carbonyl (C=O) groups excluding carboxylic acids is 1. The molecule has 4 nitrogen and oxygen atoms in total. The summed E-state index contributed by atoms with van der Waals surface area (Å²) in [6.07, 6.45) is 4.89. The molecule has 1 heterocycles. The zero-order valence-corrected chi connectivity index (χ0v) is 14.5. The van der Waals surface area contributed by atoms with E-state index >= 15 is 0 Å². The van der Waals surface area contributed by atoms with E-state index in [1.54, 1.807) is 6.07 Å². The fraction of sp³-hybridized carbons (Fsp3) is 0.421. The molecule has 2 aromatic rings. The standard InChI is InChI=1S/C19H26N2O2/c1-5-9-15-14(3)21(4)13-17(15)20-19(22)16-10-7-8-11-18(16)23-12-6-2/h7-8,10-11,13H,5-6,9,12H2,1-4H3,(H,20,22). The molecular weight excluding hydrogens is 288 g/mol. The molecule has 1 N–H and O–H groups in total. The summed E-state index contributed by atoms with van der Waals surface area (Å²) in [5, 5.41) is 3.05. The van der Waals surface area contributed by atoms with Crippen LogP contribution >= 0.6 is 0 Å². The Morgan fingerprint density at radius 1 is 1.22 bits per heavy atom. The van der Waals surface area contributed by atoms with Gasteiger partial charge in [0.15, 0.2) is 0 Å². The van der Waals surface area contributed by atoms with Crippen LogP contribution in [0.1, 0.15) is 48.3 Å². The van der Waals surface area contributed by atoms with Gasteiger partial charge in [-0.2, -0.15) is 0 Å². The Morgan fingerprint density at radius 2 is 1.96 bits per heavy atom. The highest BCUT2D eigenvalue weighted by Crippen LogP contribution is 2.25. The summed E-state index contributed by atoms with van der Waals surface area (Å²) in [4.78, 5) is 12.7. The largest absolute Gasteiger partial charge is 0.493 e. The van der Waals surface area contributed by atoms with Crippen LogP contribution in [0.2, 0.25) is 0 Å². The van der Waals surface area contributed by atoms with E-state index in [1.807, 2.05) is 38.4 Å². The van der Waals surface area contributed by atoms with E-state index in [0.29, 0.717) is 17.9 Å². The smallest absolute Gasteiger partial charge is 0.259 e. The van der Waals surface area contributed by atoms with Gasteiger partial charge in [-0.1, -0.05) is 32.4 Å². The molecule has 0 aliphatic rings. The third-order valence-corrected chi connectivity index (χ3v) is 3.96. The number of hydrogen-bond donors (Lipinski definition) is 1. The quantitative estimate of drug-likeness (QED) is 0.826. The van der Waals surface area contributed by atoms with Gasteiger partial charge in [0, 0.05) is 18.9 Å². The molecule has 1 amide bonds. The second-order valence-electron chi connectivity index (χ2n) is 5.77. The van der Waals surface area contributed by atoms with Gasteiger partial charge in [0.25, 0.3) is 5.91 Å². The monoisotopic (exact) mass is 314 g/mol. The lowest BCUT2D eigenvalue weighted by Gasteiger charge is -2.11. The van der Waals surface area contributed by atoms with E-state index < -0.39 is 0 Å². The lowest BCUT2D eigenvalue weighted by molar-refractivity contribution is 0.102. The van der Waals surface area contributed by atoms with E-state index in [-0.39, 0.29) is 5.91 Å². The molecule has 0 saturated carbocycles. The van der Waals surface area contributed by atoms with Crippen LogP contribution in [-0.4, -0.2) is 17.1 Å². The first-order valence-electron chi connectivity index (χ1n) is 8.26. The maximum Gasteiger partial charge on any atom is 0.259 e. The van der Waals surface area contributed by atoms with Crippen LogP contribution in [0.4, 0.5) is 5.69 Å². The fourth-order valence-electron chi connectivity index (χ4n) is 2.63. The molecule has 0 spiro atoms. The number of para-hydroxylation sites is 1. The Bertz CT molecular complexity index is 674. The Kier molecular flexibility index (Phi) is 5.85. The van der Waals surface area contributed by atoms with Crippen LogP contribution in [0, 0.1) is 6.92 Å². The van der Waals surface area contributed by atoms with Crippen molar-refractivity contribution in [2.75, 3.05) is 11.9 Å². The van der Waals surface area contributed by atoms with E-state index in [1.165, 1.54) is 11.3 Å². The maximum absolute atomic E-state index is 12.7. The number of anilines is 1. The number of nitrogens with one attached hydrogen (secondary N) is 1. The fourth-order valence-corrected chi connectivity index (χ4v) is 2.63. The SMILES string of the molecule is CCCOc1ccccc1C(=O)Nc1cn(C)c(C)c1CCC. The van der Waals surface area contributed by atoms with Crippen molar-refractivity contribution >= 4 is 11.6 Å². The maximum atomic E-state index is 12.7. The first kappa shape index (κ1) is 17.1. The average molecular weight is 314 g/mol. The number of carbonyl (C=O) groups is 1. The molecule has 1 aromatic heterocycles. The minimum absolute atomic E-state index is 0.125. The van der Waals surface area contributed by atoms with Gasteiger partial charge in [-0.05, 0) is 37.5 Å². The number of aryl methyl sites for hydroxylation is 1. The van der Waals surface area contributed by atoms with E-state index in [9.17, 15) is 4.79 Å². The van der Waals surface area contributed by atoms with Gasteiger partial charge >= 0.3 is 0 Å². The molecule has 4 heteroatoms. The van der Waals surface area contributed by atoms with E-state index in [4.69, 9.17) is 4.74 Å². The highest BCUT2D eigenvalue weighted by atomic mass is 16.5. The predicted octanol–water partition coefficient (Wildman–Crippen LogP) is 4.33. The van der Waals surface area contributed by atoms with Crippen LogP contribution in [-0.2, 0) is 13.5 Å². The van der Waals surface area contributed by atoms with Gasteiger partial charge in [-0.3, -0.25) is 4.79 Å². The minimum Gasteiger partial charge on any atom is -0.493 e. The third-order valence-electron chi connectivity index (χ3n) is 3.96. The summed E-state index contributed by atoms with van der Waals surface area (Å²) in [7, 11) is 2.00. The van der Waals surface area contributed by atoms with Crippen molar-refractivity contribution in [3.63, 3.8) is 0 Å². The lowest BCUT2D eigenvalue weighted by atomic mass is 10.1. The predicted molar refractivity (Wildman–Crippen MR) is 94.3 cm³/mol. The van der Waals surface area contributed by atoms with Crippen molar-refractivity contribution in [3.05, 3.63) is 47.3 Å². The number of nitrogens with zero attached hydrogens (tertiary/aromatic N) is 1. The van der Waals surface area contributed by atoms with Crippen molar-refractivity contribution in [3.8, 4) is 5.75 Å². The molecule has 0 saturated heterocycles. The molecule has 23 heavy (non-hydrogen) atoms. The van der Waals surface area contributed by atoms with Crippen LogP contribution in [0.5, 0.6) is 5.75 Å². The minimum atomic E-state index is -0.125. The second-order valence-corrected chi connectivity index (χ2v) is 5.77. The summed E-state index contributed by atoms with van der Waals surface area (Å²) in [5.41, 5.74) is 3.86. The first-order valence-corrected chi connectivity index (χ1v) is 8.26. The number of aromatic nitrogens is 1. The van der Waals surface area contributed by atoms with Gasteiger partial charge in [0.1, 0.15) is 5.75 Å². The molecular formula is C19H26N2O2. The van der Waals surface area contributed by atoms with Crippen LogP contribution in [0.3, 0.4) is 0 Å². The first-order chi connectivity index (χ1) is 11.1. The Hall–Kier alpha value is -2.23. The Balaban J connectivity index is 2.24. The normalized spacial score (nSPS) is 10.6. The Morgan fingerprint density at radius 3 is 2.65 bits per heavy atom. The van der Waals surface area contributed by atoms with Gasteiger partial charge in [0.2, 0.25) is 0 Å². The third kappa shape index (κ3) is 3.95. The van der Waals surface area contributed by atoms with E-state index in [2.05, 4.69) is 23.7 Å². The van der Waals surface area contributed by atoms with Crippen molar-refractivity contribution in [2.24, 2.45) is 7.05 Å². The van der Waals surface area contributed by atoms with Crippen LogP contribution in [0.15, 0.2) is 30.5 Å². The van der Waals surface area contributed by atoms with Gasteiger partial charge in [-0.15, -0.1) is 0 Å². The Labute approximate surface area is 138 Å². The number of benzene rings is 1. The van der Waals surface area contributed by atoms with Crippen molar-refractivity contribution in [1.82, 2.24) is 4.57 Å². The zero-order valence-electron chi connectivity index (χ0n) is 14.5. The van der Waals surface area contributed by atoms with Crippen LogP contribution < -0.4 is 10.1 Å². The lowest BCUT2D eigenvalue weighted by Crippen LogP contribution is -2.14. The molecule has 124 valence electrons. The average Bonchev–Trinajstić information content (AvgIpc) is 2.81. The summed E-state index contributed by atoms with van der Waals surface area (Å²) >= 11 is 0. The highest BCUT2D eigenvalue weighted by Gasteiger charge is 2.16. The summed E-state index contributed by atoms with van der Waals surface area (Å²) < 4.78 is 7.74. The number of hydrogen-bond acceptors (Lipinski definition) is 2. The summed E-state index contributed by atoms with van der Waals surface area (Å²) in [6.45, 7) is 6.88. The summed E-state index contributed by atoms with van der Waals surface area (Å²) in [5.74, 6) is 0.510. The molecule has 0 bridgehead atoms. The molecule has 0 unspecified atom stereocenters. The van der Waals surface area contributed by atoms with Crippen molar-refractivity contribution in [2.45, 2.75) is 40.0 Å². The molecule has 0 radical (unpaired) electrons. The molecule has 0 atom stereocenters. The molecule has 0 aliphatic carbocycles. The van der Waals surface area contributed by atoms with E-state index in [0.717, 1.165) is 24.9 Å². The number of amides is 1. The topological polar surface area (TPSA) is 43.3 Å². The van der Waals surface area contributed by atoms with Gasteiger partial charge < -0.3 is 14.6 Å². The van der Waals surface area contributed by atoms with Crippen LogP contribution in [0.25, 0.3) is 0 Å². The van der Waals surface area contributed by atoms with Crippen molar-refractivity contribution < 1.29 is 9.53 Å². The molecule has 2 rings (SSSR count). The molecule has 0 fully saturated rings. The summed E-state index contributed by atoms with van der Waals surface area (Å²) in [6, 6.07) is 7.39. The molecule has 1 aromatic carbocycles. The zero-order chi connectivity index (χ0) is 16.8. The highest BCUT2D eigenvalue weighted by molar-refractivity contribution is 6.06. The van der Waals surface area contributed by atoms with Crippen molar-refractivity contribution in [1.29, 1.82) is 0 Å². The van der Waals surface area contributed by atoms with Gasteiger partial charge in [-0.25, -0.2) is 0 Å².